The van der Waals surface area contributed by atoms with E-state index in [0.29, 0.717) is 5.08 Å². The molecule has 84 valence electrons. The Morgan fingerprint density at radius 3 is 1.29 bits per heavy atom. The molecule has 0 unspecified atom stereocenters. The number of rotatable bonds is 0. The molecule has 1 aliphatic heterocycles. The van der Waals surface area contributed by atoms with Crippen molar-refractivity contribution < 1.29 is 0 Å². The Morgan fingerprint density at radius 1 is 0.857 bits per heavy atom. The molecule has 0 aromatic heterocycles. The van der Waals surface area contributed by atoms with E-state index in [-0.39, 0.29) is 11.1 Å². The average Bonchev–Trinajstić information content (AvgIpc) is 2.26. The van der Waals surface area contributed by atoms with Crippen LogP contribution in [0.15, 0.2) is 0 Å². The highest BCUT2D eigenvalue weighted by Crippen LogP contribution is 2.32. The first-order chi connectivity index (χ1) is 6.14. The molecule has 0 aliphatic carbocycles. The minimum Gasteiger partial charge on any atom is -0.273 e. The Kier molecular flexibility index (Phi) is 3.35. The van der Waals surface area contributed by atoms with Crippen molar-refractivity contribution >= 4 is 15.9 Å². The van der Waals surface area contributed by atoms with E-state index in [1.54, 1.807) is 0 Å². The second-order valence-corrected chi connectivity index (χ2v) is 6.86. The monoisotopic (exact) mass is 262 g/mol. The van der Waals surface area contributed by atoms with Gasteiger partial charge in [-0.15, -0.1) is 0 Å². The Hall–Kier alpha value is 0.400. The first-order valence-electron chi connectivity index (χ1n) is 5.31. The molecule has 0 atom stereocenters. The maximum atomic E-state index is 3.79. The highest BCUT2D eigenvalue weighted by Gasteiger charge is 2.40. The van der Waals surface area contributed by atoms with Crippen LogP contribution in [0, 0.1) is 0 Å². The van der Waals surface area contributed by atoms with Crippen molar-refractivity contribution in [2.24, 2.45) is 0 Å². The fraction of sp³-hybridized carbons (Fsp3) is 1.00. The van der Waals surface area contributed by atoms with Gasteiger partial charge in [0.1, 0.15) is 5.08 Å². The molecule has 1 aliphatic rings. The Bertz CT molecular complexity index is 180. The lowest BCUT2D eigenvalue weighted by molar-refractivity contribution is 0.0773. The van der Waals surface area contributed by atoms with Crippen LogP contribution in [0.25, 0.3) is 0 Å². The molecule has 0 bridgehead atoms. The Morgan fingerprint density at radius 2 is 1.14 bits per heavy atom. The molecule has 0 N–H and O–H groups in total. The molecule has 3 heteroatoms. The minimum absolute atomic E-state index is 0.244. The van der Waals surface area contributed by atoms with Gasteiger partial charge in [-0.1, -0.05) is 15.9 Å². The van der Waals surface area contributed by atoms with Gasteiger partial charge in [-0.25, -0.2) is 0 Å². The predicted octanol–water partition coefficient (Wildman–Crippen LogP) is 2.88. The third kappa shape index (κ3) is 2.50. The van der Waals surface area contributed by atoms with Gasteiger partial charge in [-0.2, -0.15) is 0 Å². The lowest BCUT2D eigenvalue weighted by Gasteiger charge is -2.40. The van der Waals surface area contributed by atoms with Crippen LogP contribution in [0.4, 0.5) is 0 Å². The molecule has 0 aromatic rings. The largest absolute Gasteiger partial charge is 0.273 e. The van der Waals surface area contributed by atoms with Crippen molar-refractivity contribution in [3.63, 3.8) is 0 Å². The van der Waals surface area contributed by atoms with Gasteiger partial charge in [0.15, 0.2) is 0 Å². The van der Waals surface area contributed by atoms with Crippen LogP contribution >= 0.6 is 15.9 Å². The van der Waals surface area contributed by atoms with Crippen LogP contribution in [0.3, 0.4) is 0 Å². The molecule has 0 amide bonds. The molecule has 0 saturated carbocycles. The summed E-state index contributed by atoms with van der Waals surface area (Å²) in [6, 6.07) is 0. The number of nitrogens with zero attached hydrogens (tertiary/aromatic N) is 2. The number of hydrogen-bond acceptors (Lipinski definition) is 2. The molecule has 1 saturated heterocycles. The summed E-state index contributed by atoms with van der Waals surface area (Å²) < 4.78 is 0. The van der Waals surface area contributed by atoms with E-state index in [4.69, 9.17) is 0 Å². The Labute approximate surface area is 96.8 Å². The van der Waals surface area contributed by atoms with Crippen LogP contribution in [0.5, 0.6) is 0 Å². The van der Waals surface area contributed by atoms with Crippen LogP contribution in [-0.4, -0.2) is 39.0 Å². The number of halogens is 1. The Balaban J connectivity index is 2.75. The summed E-state index contributed by atoms with van der Waals surface area (Å²) in [6.45, 7) is 15.9. The number of hydrogen-bond donors (Lipinski definition) is 0. The van der Waals surface area contributed by atoms with Crippen LogP contribution in [0.2, 0.25) is 0 Å². The van der Waals surface area contributed by atoms with Crippen LogP contribution in [0.1, 0.15) is 41.5 Å². The van der Waals surface area contributed by atoms with Gasteiger partial charge in [0, 0.05) is 24.2 Å². The van der Waals surface area contributed by atoms with Crippen molar-refractivity contribution in [3.05, 3.63) is 0 Å². The predicted molar refractivity (Wildman–Crippen MR) is 65.6 cm³/mol. The maximum Gasteiger partial charge on any atom is 0.121 e. The van der Waals surface area contributed by atoms with E-state index >= 15 is 0 Å². The van der Waals surface area contributed by atoms with Crippen molar-refractivity contribution in [3.8, 4) is 0 Å². The van der Waals surface area contributed by atoms with E-state index in [0.717, 1.165) is 13.1 Å². The fourth-order valence-electron chi connectivity index (χ4n) is 1.91. The van der Waals surface area contributed by atoms with Gasteiger partial charge in [0.2, 0.25) is 0 Å². The molecular formula is C11H23BrN2. The van der Waals surface area contributed by atoms with Crippen molar-refractivity contribution in [2.75, 3.05) is 13.1 Å². The lowest BCUT2D eigenvalue weighted by Crippen LogP contribution is -2.49. The third-order valence-corrected chi connectivity index (χ3v) is 3.81. The third-order valence-electron chi connectivity index (χ3n) is 2.82. The first kappa shape index (κ1) is 12.5. The first-order valence-corrected chi connectivity index (χ1v) is 6.23. The lowest BCUT2D eigenvalue weighted by atomic mass is 10.1. The summed E-state index contributed by atoms with van der Waals surface area (Å²) in [5.41, 5.74) is 0.488. The summed E-state index contributed by atoms with van der Waals surface area (Å²) in [5, 5.41) is 0.377. The molecule has 1 fully saturated rings. The van der Waals surface area contributed by atoms with E-state index < -0.39 is 0 Å². The van der Waals surface area contributed by atoms with E-state index in [1.165, 1.54) is 0 Å². The molecule has 2 nitrogen and oxygen atoms in total. The molecule has 0 radical (unpaired) electrons. The van der Waals surface area contributed by atoms with E-state index in [2.05, 4.69) is 67.3 Å². The molecular weight excluding hydrogens is 240 g/mol. The highest BCUT2D eigenvalue weighted by molar-refractivity contribution is 9.09. The zero-order valence-corrected chi connectivity index (χ0v) is 11.8. The second kappa shape index (κ2) is 3.76. The summed E-state index contributed by atoms with van der Waals surface area (Å²) in [4.78, 5) is 5.00. The zero-order valence-electron chi connectivity index (χ0n) is 10.3. The number of alkyl halides is 1. The quantitative estimate of drug-likeness (QED) is 0.490. The zero-order chi connectivity index (χ0) is 11.1. The van der Waals surface area contributed by atoms with E-state index in [1.807, 2.05) is 0 Å². The van der Waals surface area contributed by atoms with Crippen molar-refractivity contribution in [1.29, 1.82) is 0 Å². The van der Waals surface area contributed by atoms with Crippen LogP contribution < -0.4 is 0 Å². The summed E-state index contributed by atoms with van der Waals surface area (Å²) in [5.74, 6) is 0. The van der Waals surface area contributed by atoms with Crippen molar-refractivity contribution in [2.45, 2.75) is 57.7 Å². The SMILES string of the molecule is CC(C)(C)N1CCN(C(C)(C)C)C1Br. The normalized spacial score (nSPS) is 23.4. The van der Waals surface area contributed by atoms with E-state index in [9.17, 15) is 0 Å². The van der Waals surface area contributed by atoms with Crippen molar-refractivity contribution in [1.82, 2.24) is 9.80 Å². The van der Waals surface area contributed by atoms with Gasteiger partial charge in [0.05, 0.1) is 0 Å². The molecule has 1 heterocycles. The molecule has 0 aromatic carbocycles. The maximum absolute atomic E-state index is 3.79. The summed E-state index contributed by atoms with van der Waals surface area (Å²) in [6.07, 6.45) is 0. The minimum atomic E-state index is 0.244. The van der Waals surface area contributed by atoms with Gasteiger partial charge < -0.3 is 0 Å². The summed E-state index contributed by atoms with van der Waals surface area (Å²) in [7, 11) is 0. The second-order valence-electron chi connectivity index (χ2n) is 6.04. The highest BCUT2D eigenvalue weighted by atomic mass is 79.9. The molecule has 14 heavy (non-hydrogen) atoms. The van der Waals surface area contributed by atoms with Gasteiger partial charge in [0.25, 0.3) is 0 Å². The summed E-state index contributed by atoms with van der Waals surface area (Å²) >= 11 is 3.79. The smallest absolute Gasteiger partial charge is 0.121 e. The molecule has 0 spiro atoms. The van der Waals surface area contributed by atoms with Gasteiger partial charge in [-0.3, -0.25) is 9.80 Å². The molecule has 1 rings (SSSR count). The topological polar surface area (TPSA) is 6.48 Å². The van der Waals surface area contributed by atoms with Crippen LogP contribution in [-0.2, 0) is 0 Å². The van der Waals surface area contributed by atoms with Gasteiger partial charge >= 0.3 is 0 Å². The average molecular weight is 263 g/mol. The standard InChI is InChI=1S/C11H23BrN2/c1-10(2,3)13-7-8-14(9(13)12)11(4,5)6/h9H,7-8H2,1-6H3. The van der Waals surface area contributed by atoms with Gasteiger partial charge in [-0.05, 0) is 41.5 Å². The fourth-order valence-corrected chi connectivity index (χ4v) is 3.54.